The van der Waals surface area contributed by atoms with Gasteiger partial charge in [-0.25, -0.2) is 0 Å². The summed E-state index contributed by atoms with van der Waals surface area (Å²) >= 11 is 0. The van der Waals surface area contributed by atoms with Gasteiger partial charge >= 0.3 is 0 Å². The lowest BCUT2D eigenvalue weighted by molar-refractivity contribution is -0.385. The molecule has 1 spiro atoms. The van der Waals surface area contributed by atoms with Crippen LogP contribution in [0.25, 0.3) is 0 Å². The highest BCUT2D eigenvalue weighted by Gasteiger charge is 2.66. The number of anilines is 2. The molecular weight excluding hydrogens is 695 g/mol. The third kappa shape index (κ3) is 6.78. The highest BCUT2D eigenvalue weighted by Crippen LogP contribution is 2.60. The number of aliphatic hydroxyl groups excluding tert-OH is 1. The van der Waals surface area contributed by atoms with Crippen LogP contribution in [0, 0.1) is 22.0 Å². The molecule has 2 fully saturated rings. The summed E-state index contributed by atoms with van der Waals surface area (Å²) < 4.78 is 6.82. The van der Waals surface area contributed by atoms with E-state index in [0.29, 0.717) is 36.4 Å². The Kier molecular flexibility index (Phi) is 10.0. The second-order valence-corrected chi connectivity index (χ2v) is 19.4. The maximum atomic E-state index is 14.9. The molecule has 4 aliphatic rings. The third-order valence-electron chi connectivity index (χ3n) is 11.7. The van der Waals surface area contributed by atoms with Crippen LogP contribution in [0.2, 0.25) is 18.6 Å². The fourth-order valence-electron chi connectivity index (χ4n) is 9.06. The van der Waals surface area contributed by atoms with Crippen LogP contribution in [0.4, 0.5) is 17.1 Å². The molecule has 0 radical (unpaired) electrons. The number of aliphatic hydroxyl groups is 1. The van der Waals surface area contributed by atoms with Gasteiger partial charge in [0.1, 0.15) is 0 Å². The topological polar surface area (TPSA) is 175 Å². The number of hydrogen-bond donors (Lipinski definition) is 4. The third-order valence-corrected chi connectivity index (χ3v) is 14.2. The standard InChI is InChI=1S/C39H47N5O8Si/c1-24-36(53(2,3)51)34(19-35(46)42-22-28-8-5-4-7-26(28)17-31(42)23-45)52-39(24)32-18-30(44(49)50)14-15-33(32)43(38(39)48)21-25-10-12-29(13-11-25)41-37(47)27-9-6-16-40-20-27/h4-5,7-8,10-15,18,24,27,31,34,36,40,45,51H,6,9,16-17,19-23H2,1-3H3,(H,41,47)/t24-,27?,31+,34+,36-,39+/m1/s1. The van der Waals surface area contributed by atoms with Gasteiger partial charge in [-0.05, 0) is 73.8 Å². The van der Waals surface area contributed by atoms with Crippen molar-refractivity contribution in [3.05, 3.63) is 99.1 Å². The molecule has 2 saturated heterocycles. The highest BCUT2D eigenvalue weighted by molar-refractivity contribution is 6.71. The van der Waals surface area contributed by atoms with Crippen molar-refractivity contribution in [3.63, 3.8) is 0 Å². The number of fused-ring (bicyclic) bond motifs is 3. The first-order valence-electron chi connectivity index (χ1n) is 18.4. The summed E-state index contributed by atoms with van der Waals surface area (Å²) in [5, 5.41) is 28.6. The van der Waals surface area contributed by atoms with E-state index in [1.54, 1.807) is 41.1 Å². The average molecular weight is 742 g/mol. The van der Waals surface area contributed by atoms with E-state index in [2.05, 4.69) is 10.6 Å². The number of carbonyl (C=O) groups is 3. The Morgan fingerprint density at radius 1 is 1.11 bits per heavy atom. The van der Waals surface area contributed by atoms with Crippen LogP contribution >= 0.6 is 0 Å². The molecule has 0 saturated carbocycles. The van der Waals surface area contributed by atoms with Crippen molar-refractivity contribution in [1.29, 1.82) is 0 Å². The van der Waals surface area contributed by atoms with Gasteiger partial charge in [-0.15, -0.1) is 0 Å². The van der Waals surface area contributed by atoms with Crippen molar-refractivity contribution in [2.24, 2.45) is 11.8 Å². The zero-order chi connectivity index (χ0) is 37.7. The molecular formula is C39H47N5O8Si. The van der Waals surface area contributed by atoms with Gasteiger partial charge in [0.05, 0.1) is 48.2 Å². The molecule has 14 heteroatoms. The fraction of sp³-hybridized carbons (Fsp3) is 0.462. The normalized spacial score (nSPS) is 26.7. The number of benzene rings is 3. The van der Waals surface area contributed by atoms with Crippen molar-refractivity contribution in [1.82, 2.24) is 10.2 Å². The molecule has 7 rings (SSSR count). The second-order valence-electron chi connectivity index (χ2n) is 15.5. The molecule has 3 aromatic carbocycles. The van der Waals surface area contributed by atoms with Crippen LogP contribution in [-0.4, -0.2) is 77.6 Å². The maximum Gasteiger partial charge on any atom is 0.269 e. The Bertz CT molecular complexity index is 1910. The Labute approximate surface area is 309 Å². The highest BCUT2D eigenvalue weighted by atomic mass is 28.4. The van der Waals surface area contributed by atoms with Gasteiger partial charge in [0, 0.05) is 47.9 Å². The zero-order valence-electron chi connectivity index (χ0n) is 30.3. The number of amides is 3. The van der Waals surface area contributed by atoms with Gasteiger partial charge in [-0.1, -0.05) is 43.3 Å². The number of rotatable bonds is 9. The smallest absolute Gasteiger partial charge is 0.269 e. The van der Waals surface area contributed by atoms with Crippen molar-refractivity contribution >= 4 is 43.1 Å². The Hall–Kier alpha value is -4.47. The van der Waals surface area contributed by atoms with E-state index >= 15 is 0 Å². The summed E-state index contributed by atoms with van der Waals surface area (Å²) in [7, 11) is -3.15. The summed E-state index contributed by atoms with van der Waals surface area (Å²) in [5.41, 5.74) is 1.83. The van der Waals surface area contributed by atoms with Gasteiger partial charge in [0.15, 0.2) is 13.9 Å². The molecule has 1 unspecified atom stereocenters. The number of nitro benzene ring substituents is 1. The number of nitro groups is 1. The number of piperidine rings is 1. The lowest BCUT2D eigenvalue weighted by atomic mass is 9.82. The molecule has 4 heterocycles. The fourth-order valence-corrected chi connectivity index (χ4v) is 11.6. The number of hydrogen-bond acceptors (Lipinski definition) is 9. The van der Waals surface area contributed by atoms with Gasteiger partial charge < -0.3 is 35.1 Å². The molecule has 0 bridgehead atoms. The van der Waals surface area contributed by atoms with Crippen LogP contribution in [0.15, 0.2) is 66.7 Å². The minimum atomic E-state index is -3.15. The number of ether oxygens (including phenoxy) is 1. The van der Waals surface area contributed by atoms with E-state index in [0.717, 1.165) is 36.1 Å². The van der Waals surface area contributed by atoms with Crippen molar-refractivity contribution < 1.29 is 33.9 Å². The van der Waals surface area contributed by atoms with Crippen LogP contribution in [0.5, 0.6) is 0 Å². The van der Waals surface area contributed by atoms with E-state index in [1.165, 1.54) is 12.1 Å². The molecule has 0 aliphatic carbocycles. The number of carbonyl (C=O) groups excluding carboxylic acids is 3. The first-order valence-corrected chi connectivity index (χ1v) is 21.4. The number of non-ortho nitro benzene ring substituents is 1. The van der Waals surface area contributed by atoms with E-state index in [9.17, 15) is 34.4 Å². The monoisotopic (exact) mass is 741 g/mol. The summed E-state index contributed by atoms with van der Waals surface area (Å²) in [6.45, 7) is 7.14. The molecule has 6 atom stereocenters. The molecule has 280 valence electrons. The maximum absolute atomic E-state index is 14.9. The summed E-state index contributed by atoms with van der Waals surface area (Å²) in [5.74, 6) is -1.45. The van der Waals surface area contributed by atoms with Gasteiger partial charge in [0.25, 0.3) is 11.6 Å². The van der Waals surface area contributed by atoms with Crippen LogP contribution in [0.1, 0.15) is 48.4 Å². The Morgan fingerprint density at radius 2 is 1.85 bits per heavy atom. The first kappa shape index (κ1) is 36.9. The van der Waals surface area contributed by atoms with Crippen molar-refractivity contribution in [2.75, 3.05) is 29.9 Å². The van der Waals surface area contributed by atoms with E-state index in [1.807, 2.05) is 43.3 Å². The first-order chi connectivity index (χ1) is 25.3. The second kappa shape index (κ2) is 14.4. The predicted octanol–water partition coefficient (Wildman–Crippen LogP) is 4.21. The average Bonchev–Trinajstić information content (AvgIpc) is 3.57. The summed E-state index contributed by atoms with van der Waals surface area (Å²) in [6, 6.07) is 19.0. The molecule has 0 aromatic heterocycles. The van der Waals surface area contributed by atoms with Crippen LogP contribution < -0.4 is 15.5 Å². The van der Waals surface area contributed by atoms with Gasteiger partial charge in [-0.2, -0.15) is 0 Å². The predicted molar refractivity (Wildman–Crippen MR) is 200 cm³/mol. The SMILES string of the molecule is C[C@@H]1[C@@H]([Si](C)(C)O)[C@H](CC(=O)N2Cc3ccccc3C[C@H]2CO)O[C@@]12C(=O)N(Cc1ccc(NC(=O)C3CCCNC3)cc1)c1ccc([N+](=O)[O-])cc12. The molecule has 53 heavy (non-hydrogen) atoms. The van der Waals surface area contributed by atoms with Gasteiger partial charge in [0.2, 0.25) is 11.8 Å². The number of nitrogens with one attached hydrogen (secondary N) is 2. The summed E-state index contributed by atoms with van der Waals surface area (Å²) in [6.07, 6.45) is 1.29. The van der Waals surface area contributed by atoms with E-state index in [4.69, 9.17) is 4.74 Å². The minimum absolute atomic E-state index is 0.0422. The lowest BCUT2D eigenvalue weighted by Gasteiger charge is -2.37. The van der Waals surface area contributed by atoms with Gasteiger partial charge in [-0.3, -0.25) is 24.5 Å². The van der Waals surface area contributed by atoms with Crippen molar-refractivity contribution in [3.8, 4) is 0 Å². The molecule has 4 N–H and O–H groups in total. The lowest BCUT2D eigenvalue weighted by Crippen LogP contribution is -2.48. The van der Waals surface area contributed by atoms with Crippen LogP contribution in [-0.2, 0) is 44.2 Å². The molecule has 4 aliphatic heterocycles. The van der Waals surface area contributed by atoms with E-state index in [-0.39, 0.29) is 43.0 Å². The quantitative estimate of drug-likeness (QED) is 0.142. The minimum Gasteiger partial charge on any atom is -0.432 e. The number of nitrogens with zero attached hydrogens (tertiary/aromatic N) is 3. The largest absolute Gasteiger partial charge is 0.432 e. The molecule has 13 nitrogen and oxygen atoms in total. The molecule has 3 aromatic rings. The molecule has 3 amide bonds. The Morgan fingerprint density at radius 3 is 2.51 bits per heavy atom. The van der Waals surface area contributed by atoms with Crippen LogP contribution in [0.3, 0.4) is 0 Å². The van der Waals surface area contributed by atoms with E-state index < -0.39 is 48.4 Å². The summed E-state index contributed by atoms with van der Waals surface area (Å²) in [4.78, 5) is 68.3. The Balaban J connectivity index is 1.18. The van der Waals surface area contributed by atoms with Crippen molar-refractivity contribution in [2.45, 2.75) is 82.1 Å². The zero-order valence-corrected chi connectivity index (χ0v) is 31.3.